The van der Waals surface area contributed by atoms with Crippen LogP contribution in [0.1, 0.15) is 74.8 Å². The summed E-state index contributed by atoms with van der Waals surface area (Å²) in [5.41, 5.74) is 1.28. The standard InChI is InChI=1S/C24H30F3NO2/c25-24(26,27)18-4-2-17(3-5-18)19-11-16(12-21(29)30)1-6-20(19)28-14-22(7-8-22)13-23(15-28)9-10-23/h2-5,16,19-20H,1,6-15H2,(H,29,30)/t16-,19+,20-/m1/s1. The zero-order valence-corrected chi connectivity index (χ0v) is 17.3. The SMILES string of the molecule is O=C(O)C[C@@H]1CC[C@@H](N2CC3(CC3)CC3(CC3)C2)[C@H](c2ccc(C(F)(F)F)cc2)C1. The highest BCUT2D eigenvalue weighted by molar-refractivity contribution is 5.67. The number of piperidine rings is 1. The fourth-order valence-electron chi connectivity index (χ4n) is 6.47. The summed E-state index contributed by atoms with van der Waals surface area (Å²) in [5.74, 6) is -0.577. The van der Waals surface area contributed by atoms with Gasteiger partial charge in [0.1, 0.15) is 0 Å². The molecule has 0 unspecified atom stereocenters. The van der Waals surface area contributed by atoms with Gasteiger partial charge in [0.2, 0.25) is 0 Å². The molecule has 0 amide bonds. The van der Waals surface area contributed by atoms with E-state index < -0.39 is 17.7 Å². The summed E-state index contributed by atoms with van der Waals surface area (Å²) in [6.07, 6.45) is 5.00. The smallest absolute Gasteiger partial charge is 0.416 e. The van der Waals surface area contributed by atoms with Gasteiger partial charge in [-0.2, -0.15) is 13.2 Å². The van der Waals surface area contributed by atoms with Crippen LogP contribution in [0.15, 0.2) is 24.3 Å². The summed E-state index contributed by atoms with van der Waals surface area (Å²) in [6.45, 7) is 2.22. The Morgan fingerprint density at radius 1 is 1.03 bits per heavy atom. The molecule has 5 rings (SSSR count). The van der Waals surface area contributed by atoms with Crippen molar-refractivity contribution in [3.63, 3.8) is 0 Å². The molecule has 0 aromatic heterocycles. The molecule has 1 saturated heterocycles. The van der Waals surface area contributed by atoms with Crippen LogP contribution in [-0.4, -0.2) is 35.1 Å². The number of carboxylic acids is 1. The maximum Gasteiger partial charge on any atom is 0.416 e. The Labute approximate surface area is 175 Å². The fraction of sp³-hybridized carbons (Fsp3) is 0.708. The third-order valence-corrected chi connectivity index (χ3v) is 8.26. The van der Waals surface area contributed by atoms with E-state index in [1.54, 1.807) is 12.1 Å². The number of hydrogen-bond donors (Lipinski definition) is 1. The zero-order valence-electron chi connectivity index (χ0n) is 17.3. The number of hydrogen-bond acceptors (Lipinski definition) is 2. The third kappa shape index (κ3) is 4.00. The number of aliphatic carboxylic acids is 1. The largest absolute Gasteiger partial charge is 0.481 e. The van der Waals surface area contributed by atoms with Crippen molar-refractivity contribution in [1.29, 1.82) is 0 Å². The van der Waals surface area contributed by atoms with Crippen molar-refractivity contribution in [1.82, 2.24) is 4.90 Å². The molecule has 0 bridgehead atoms. The Morgan fingerprint density at radius 2 is 1.63 bits per heavy atom. The number of benzene rings is 1. The van der Waals surface area contributed by atoms with E-state index in [2.05, 4.69) is 4.90 Å². The lowest BCUT2D eigenvalue weighted by Gasteiger charge is -2.48. The van der Waals surface area contributed by atoms with E-state index in [-0.39, 0.29) is 18.3 Å². The number of likely N-dealkylation sites (tertiary alicyclic amines) is 1. The minimum Gasteiger partial charge on any atom is -0.481 e. The maximum atomic E-state index is 13.0. The number of carbonyl (C=O) groups is 1. The quantitative estimate of drug-likeness (QED) is 0.678. The van der Waals surface area contributed by atoms with Crippen LogP contribution < -0.4 is 0 Å². The van der Waals surface area contributed by atoms with E-state index in [9.17, 15) is 23.1 Å². The van der Waals surface area contributed by atoms with Crippen LogP contribution in [0, 0.1) is 16.7 Å². The molecule has 0 radical (unpaired) electrons. The second-order valence-electron chi connectivity index (χ2n) is 10.7. The molecule has 1 aromatic rings. The van der Waals surface area contributed by atoms with Gasteiger partial charge in [-0.1, -0.05) is 12.1 Å². The van der Waals surface area contributed by atoms with Gasteiger partial charge in [-0.05, 0) is 91.7 Å². The Morgan fingerprint density at radius 3 is 2.13 bits per heavy atom. The molecule has 6 heteroatoms. The summed E-state index contributed by atoms with van der Waals surface area (Å²) in [7, 11) is 0. The van der Waals surface area contributed by atoms with Crippen LogP contribution in [0.25, 0.3) is 0 Å². The van der Waals surface area contributed by atoms with Crippen LogP contribution in [-0.2, 0) is 11.0 Å². The van der Waals surface area contributed by atoms with E-state index in [0.29, 0.717) is 16.9 Å². The molecular weight excluding hydrogens is 391 g/mol. The number of carboxylic acid groups (broad SMARTS) is 1. The predicted molar refractivity (Wildman–Crippen MR) is 107 cm³/mol. The third-order valence-electron chi connectivity index (χ3n) is 8.26. The van der Waals surface area contributed by atoms with Gasteiger partial charge in [0.15, 0.2) is 0 Å². The molecule has 4 fully saturated rings. The Bertz CT molecular complexity index is 791. The first-order valence-corrected chi connectivity index (χ1v) is 11.3. The molecule has 3 atom stereocenters. The van der Waals surface area contributed by atoms with Crippen molar-refractivity contribution < 1.29 is 23.1 Å². The van der Waals surface area contributed by atoms with E-state index in [1.807, 2.05) is 0 Å². The molecule has 164 valence electrons. The first kappa shape index (κ1) is 20.3. The number of rotatable bonds is 4. The fourth-order valence-corrected chi connectivity index (χ4v) is 6.47. The van der Waals surface area contributed by atoms with Crippen LogP contribution in [0.3, 0.4) is 0 Å². The summed E-state index contributed by atoms with van der Waals surface area (Å²) < 4.78 is 39.1. The summed E-state index contributed by atoms with van der Waals surface area (Å²) in [5, 5.41) is 9.28. The van der Waals surface area contributed by atoms with Gasteiger partial charge in [-0.15, -0.1) is 0 Å². The highest BCUT2D eigenvalue weighted by atomic mass is 19.4. The topological polar surface area (TPSA) is 40.5 Å². The molecule has 1 aliphatic heterocycles. The molecule has 2 spiro atoms. The normalized spacial score (nSPS) is 32.3. The van der Waals surface area contributed by atoms with E-state index >= 15 is 0 Å². The summed E-state index contributed by atoms with van der Waals surface area (Å²) >= 11 is 0. The van der Waals surface area contributed by atoms with Crippen LogP contribution in [0.5, 0.6) is 0 Å². The maximum absolute atomic E-state index is 13.0. The van der Waals surface area contributed by atoms with Crippen molar-refractivity contribution in [2.24, 2.45) is 16.7 Å². The lowest BCUT2D eigenvalue weighted by atomic mass is 9.71. The van der Waals surface area contributed by atoms with Gasteiger partial charge in [0.05, 0.1) is 5.56 Å². The average Bonchev–Trinajstić information content (AvgIpc) is 3.60. The Balaban J connectivity index is 1.41. The molecule has 1 heterocycles. The van der Waals surface area contributed by atoms with Gasteiger partial charge in [0.25, 0.3) is 0 Å². The zero-order chi connectivity index (χ0) is 21.1. The van der Waals surface area contributed by atoms with Crippen LogP contribution in [0.4, 0.5) is 13.2 Å². The summed E-state index contributed by atoms with van der Waals surface area (Å²) in [6, 6.07) is 5.95. The van der Waals surface area contributed by atoms with Gasteiger partial charge < -0.3 is 5.11 Å². The van der Waals surface area contributed by atoms with E-state index in [1.165, 1.54) is 44.2 Å². The molecule has 1 aromatic carbocycles. The Kier molecular flexibility index (Phi) is 4.73. The number of nitrogens with zero attached hydrogens (tertiary/aromatic N) is 1. The highest BCUT2D eigenvalue weighted by Gasteiger charge is 2.59. The van der Waals surface area contributed by atoms with Crippen molar-refractivity contribution in [3.05, 3.63) is 35.4 Å². The molecule has 3 saturated carbocycles. The molecule has 3 nitrogen and oxygen atoms in total. The lowest BCUT2D eigenvalue weighted by Crippen LogP contribution is -2.51. The predicted octanol–water partition coefficient (Wildman–Crippen LogP) is 5.70. The average molecular weight is 422 g/mol. The first-order chi connectivity index (χ1) is 14.2. The van der Waals surface area contributed by atoms with E-state index in [4.69, 9.17) is 0 Å². The molecule has 3 aliphatic carbocycles. The second kappa shape index (κ2) is 6.98. The number of alkyl halides is 3. The van der Waals surface area contributed by atoms with Crippen molar-refractivity contribution in [2.75, 3.05) is 13.1 Å². The van der Waals surface area contributed by atoms with Crippen molar-refractivity contribution in [2.45, 2.75) is 75.9 Å². The van der Waals surface area contributed by atoms with Gasteiger partial charge in [0, 0.05) is 25.6 Å². The van der Waals surface area contributed by atoms with Crippen LogP contribution in [0.2, 0.25) is 0 Å². The molecular formula is C24H30F3NO2. The van der Waals surface area contributed by atoms with Crippen molar-refractivity contribution >= 4 is 5.97 Å². The monoisotopic (exact) mass is 421 g/mol. The van der Waals surface area contributed by atoms with E-state index in [0.717, 1.165) is 37.9 Å². The van der Waals surface area contributed by atoms with Gasteiger partial charge in [-0.3, -0.25) is 9.69 Å². The minimum absolute atomic E-state index is 0.0978. The van der Waals surface area contributed by atoms with Crippen LogP contribution >= 0.6 is 0 Å². The number of halogens is 3. The molecule has 1 N–H and O–H groups in total. The minimum atomic E-state index is -4.33. The molecule has 30 heavy (non-hydrogen) atoms. The molecule has 4 aliphatic rings. The second-order valence-corrected chi connectivity index (χ2v) is 10.7. The van der Waals surface area contributed by atoms with Gasteiger partial charge in [-0.25, -0.2) is 0 Å². The Hall–Kier alpha value is -1.56. The summed E-state index contributed by atoms with van der Waals surface area (Å²) in [4.78, 5) is 14.0. The highest BCUT2D eigenvalue weighted by Crippen LogP contribution is 2.65. The van der Waals surface area contributed by atoms with Crippen molar-refractivity contribution in [3.8, 4) is 0 Å². The van der Waals surface area contributed by atoms with Gasteiger partial charge >= 0.3 is 12.1 Å². The first-order valence-electron chi connectivity index (χ1n) is 11.3. The lowest BCUT2D eigenvalue weighted by molar-refractivity contribution is -0.139.